The number of rotatable bonds is 8. The van der Waals surface area contributed by atoms with Crippen LogP contribution in [0.5, 0.6) is 5.75 Å². The van der Waals surface area contributed by atoms with Crippen LogP contribution in [0.4, 0.5) is 0 Å². The second kappa shape index (κ2) is 10.3. The Morgan fingerprint density at radius 1 is 1.18 bits per heavy atom. The summed E-state index contributed by atoms with van der Waals surface area (Å²) in [6, 6.07) is 11.8. The molecule has 0 aliphatic heterocycles. The predicted molar refractivity (Wildman–Crippen MR) is 112 cm³/mol. The zero-order valence-corrected chi connectivity index (χ0v) is 17.7. The zero-order chi connectivity index (χ0) is 20.7. The van der Waals surface area contributed by atoms with Crippen molar-refractivity contribution in [3.8, 4) is 5.75 Å². The third kappa shape index (κ3) is 6.14. The number of hydrogen-bond acceptors (Lipinski definition) is 3. The Balaban J connectivity index is 2.18. The molecule has 0 saturated heterocycles. The third-order valence-electron chi connectivity index (χ3n) is 4.23. The minimum atomic E-state index is -0.680. The Hall–Kier alpha value is -2.24. The van der Waals surface area contributed by atoms with Crippen molar-refractivity contribution in [2.45, 2.75) is 33.4 Å². The Morgan fingerprint density at radius 3 is 2.57 bits per heavy atom. The minimum Gasteiger partial charge on any atom is -0.484 e. The molecule has 0 bridgehead atoms. The van der Waals surface area contributed by atoms with Gasteiger partial charge < -0.3 is 15.0 Å². The number of halogens is 2. The molecule has 0 fully saturated rings. The minimum absolute atomic E-state index is 0.171. The fourth-order valence-corrected chi connectivity index (χ4v) is 3.14. The standard InChI is InChI=1S/C21H24Cl2N2O3/c1-4-24-21(27)15(3)25(12-16-8-9-17(22)11-19(16)23)20(26)13-28-18-7-5-6-14(2)10-18/h5-11,15H,4,12-13H2,1-3H3,(H,24,27)/t15-/m1/s1. The normalized spacial score (nSPS) is 11.6. The summed E-state index contributed by atoms with van der Waals surface area (Å²) in [6.45, 7) is 5.92. The van der Waals surface area contributed by atoms with E-state index in [2.05, 4.69) is 5.32 Å². The monoisotopic (exact) mass is 422 g/mol. The van der Waals surface area contributed by atoms with Crippen molar-refractivity contribution in [3.05, 3.63) is 63.6 Å². The summed E-state index contributed by atoms with van der Waals surface area (Å²) in [7, 11) is 0. The number of carbonyl (C=O) groups is 2. The quantitative estimate of drug-likeness (QED) is 0.691. The lowest BCUT2D eigenvalue weighted by molar-refractivity contribution is -0.142. The van der Waals surface area contributed by atoms with Crippen molar-refractivity contribution in [2.75, 3.05) is 13.2 Å². The highest BCUT2D eigenvalue weighted by Crippen LogP contribution is 2.23. The van der Waals surface area contributed by atoms with E-state index < -0.39 is 6.04 Å². The summed E-state index contributed by atoms with van der Waals surface area (Å²) in [5.74, 6) is 0.0475. The maximum Gasteiger partial charge on any atom is 0.261 e. The molecule has 0 heterocycles. The number of carbonyl (C=O) groups excluding carboxylic acids is 2. The number of nitrogens with zero attached hydrogens (tertiary/aromatic N) is 1. The van der Waals surface area contributed by atoms with Crippen LogP contribution in [-0.4, -0.2) is 35.9 Å². The zero-order valence-electron chi connectivity index (χ0n) is 16.2. The first-order chi connectivity index (χ1) is 13.3. The highest BCUT2D eigenvalue weighted by molar-refractivity contribution is 6.35. The van der Waals surface area contributed by atoms with Gasteiger partial charge in [0.05, 0.1) is 0 Å². The molecule has 0 unspecified atom stereocenters. The van der Waals surface area contributed by atoms with Gasteiger partial charge in [0, 0.05) is 23.1 Å². The molecule has 0 spiro atoms. The average molecular weight is 423 g/mol. The van der Waals surface area contributed by atoms with Gasteiger partial charge in [0.25, 0.3) is 5.91 Å². The van der Waals surface area contributed by atoms with Crippen LogP contribution < -0.4 is 10.1 Å². The van der Waals surface area contributed by atoms with Crippen LogP contribution in [0.3, 0.4) is 0 Å². The molecule has 0 aromatic heterocycles. The molecule has 2 amide bonds. The fourth-order valence-electron chi connectivity index (χ4n) is 2.67. The maximum absolute atomic E-state index is 12.9. The lowest BCUT2D eigenvalue weighted by atomic mass is 10.1. The molecular weight excluding hydrogens is 399 g/mol. The van der Waals surface area contributed by atoms with Gasteiger partial charge in [0.15, 0.2) is 6.61 Å². The van der Waals surface area contributed by atoms with Crippen molar-refractivity contribution in [2.24, 2.45) is 0 Å². The van der Waals surface area contributed by atoms with E-state index in [4.69, 9.17) is 27.9 Å². The summed E-state index contributed by atoms with van der Waals surface area (Å²) in [5, 5.41) is 3.69. The molecule has 150 valence electrons. The number of likely N-dealkylation sites (N-methyl/N-ethyl adjacent to an activating group) is 1. The molecule has 28 heavy (non-hydrogen) atoms. The second-order valence-corrected chi connectivity index (χ2v) is 7.28. The highest BCUT2D eigenvalue weighted by atomic mass is 35.5. The van der Waals surface area contributed by atoms with Crippen molar-refractivity contribution in [1.82, 2.24) is 10.2 Å². The summed E-state index contributed by atoms with van der Waals surface area (Å²) >= 11 is 12.2. The molecule has 5 nitrogen and oxygen atoms in total. The van der Waals surface area contributed by atoms with Gasteiger partial charge in [0.2, 0.25) is 5.91 Å². The molecule has 1 N–H and O–H groups in total. The number of nitrogens with one attached hydrogen (secondary N) is 1. The number of aryl methyl sites for hydroxylation is 1. The van der Waals surface area contributed by atoms with E-state index in [1.165, 1.54) is 4.90 Å². The van der Waals surface area contributed by atoms with Crippen LogP contribution in [-0.2, 0) is 16.1 Å². The maximum atomic E-state index is 12.9. The van der Waals surface area contributed by atoms with Gasteiger partial charge in [-0.05, 0) is 56.2 Å². The number of benzene rings is 2. The van der Waals surface area contributed by atoms with Gasteiger partial charge in [-0.1, -0.05) is 41.4 Å². The topological polar surface area (TPSA) is 58.6 Å². The van der Waals surface area contributed by atoms with Crippen LogP contribution in [0, 0.1) is 6.92 Å². The number of ether oxygens (including phenoxy) is 1. The summed E-state index contributed by atoms with van der Waals surface area (Å²) in [5.41, 5.74) is 1.73. The van der Waals surface area contributed by atoms with Gasteiger partial charge in [-0.25, -0.2) is 0 Å². The van der Waals surface area contributed by atoms with Crippen LogP contribution in [0.25, 0.3) is 0 Å². The average Bonchev–Trinajstić information content (AvgIpc) is 2.65. The molecule has 0 aliphatic rings. The summed E-state index contributed by atoms with van der Waals surface area (Å²) in [6.07, 6.45) is 0. The van der Waals surface area contributed by atoms with Gasteiger partial charge in [-0.15, -0.1) is 0 Å². The van der Waals surface area contributed by atoms with E-state index in [0.29, 0.717) is 27.9 Å². The lowest BCUT2D eigenvalue weighted by Crippen LogP contribution is -2.49. The highest BCUT2D eigenvalue weighted by Gasteiger charge is 2.26. The van der Waals surface area contributed by atoms with E-state index >= 15 is 0 Å². The Morgan fingerprint density at radius 2 is 1.93 bits per heavy atom. The largest absolute Gasteiger partial charge is 0.484 e. The Kier molecular flexibility index (Phi) is 8.15. The van der Waals surface area contributed by atoms with Crippen LogP contribution in [0.2, 0.25) is 10.0 Å². The van der Waals surface area contributed by atoms with E-state index in [0.717, 1.165) is 5.56 Å². The van der Waals surface area contributed by atoms with Gasteiger partial charge in [0.1, 0.15) is 11.8 Å². The van der Waals surface area contributed by atoms with Crippen LogP contribution in [0.15, 0.2) is 42.5 Å². The van der Waals surface area contributed by atoms with Gasteiger partial charge in [-0.2, -0.15) is 0 Å². The summed E-state index contributed by atoms with van der Waals surface area (Å²) < 4.78 is 5.63. The predicted octanol–water partition coefficient (Wildman–Crippen LogP) is 4.23. The molecule has 7 heteroatoms. The molecular formula is C21H24Cl2N2O3. The van der Waals surface area contributed by atoms with Crippen molar-refractivity contribution >= 4 is 35.0 Å². The SMILES string of the molecule is CCNC(=O)[C@@H](C)N(Cc1ccc(Cl)cc1Cl)C(=O)COc1cccc(C)c1. The summed E-state index contributed by atoms with van der Waals surface area (Å²) in [4.78, 5) is 26.7. The first kappa shape index (κ1) is 22.1. The fraction of sp³-hybridized carbons (Fsp3) is 0.333. The Labute approximate surface area is 175 Å². The molecule has 2 aromatic rings. The molecule has 0 aliphatic carbocycles. The van der Waals surface area contributed by atoms with E-state index in [9.17, 15) is 9.59 Å². The molecule has 2 aromatic carbocycles. The van der Waals surface area contributed by atoms with Crippen molar-refractivity contribution in [3.63, 3.8) is 0 Å². The van der Waals surface area contributed by atoms with Crippen LogP contribution in [0.1, 0.15) is 25.0 Å². The molecule has 0 radical (unpaired) electrons. The first-order valence-corrected chi connectivity index (χ1v) is 9.78. The smallest absolute Gasteiger partial charge is 0.261 e. The molecule has 1 atom stereocenters. The van der Waals surface area contributed by atoms with E-state index in [1.807, 2.05) is 32.0 Å². The number of hydrogen-bond donors (Lipinski definition) is 1. The number of amides is 2. The van der Waals surface area contributed by atoms with E-state index in [-0.39, 0.29) is 25.0 Å². The molecule has 0 saturated carbocycles. The van der Waals surface area contributed by atoms with Gasteiger partial charge >= 0.3 is 0 Å². The second-order valence-electron chi connectivity index (χ2n) is 6.43. The lowest BCUT2D eigenvalue weighted by Gasteiger charge is -2.29. The van der Waals surface area contributed by atoms with Crippen molar-refractivity contribution in [1.29, 1.82) is 0 Å². The van der Waals surface area contributed by atoms with Crippen LogP contribution >= 0.6 is 23.2 Å². The van der Waals surface area contributed by atoms with Gasteiger partial charge in [-0.3, -0.25) is 9.59 Å². The first-order valence-electron chi connectivity index (χ1n) is 9.02. The third-order valence-corrected chi connectivity index (χ3v) is 4.81. The van der Waals surface area contributed by atoms with E-state index in [1.54, 1.807) is 31.2 Å². The Bertz CT molecular complexity index is 842. The van der Waals surface area contributed by atoms with Crippen molar-refractivity contribution < 1.29 is 14.3 Å². The molecule has 2 rings (SSSR count).